The first-order valence-corrected chi connectivity index (χ1v) is 8.86. The molecule has 0 bridgehead atoms. The van der Waals surface area contributed by atoms with Crippen molar-refractivity contribution in [3.8, 4) is 0 Å². The molecular weight excluding hydrogens is 320 g/mol. The van der Waals surface area contributed by atoms with Crippen LogP contribution in [0.3, 0.4) is 0 Å². The molecule has 0 aromatic heterocycles. The van der Waals surface area contributed by atoms with Gasteiger partial charge >= 0.3 is 0 Å². The number of nitrogens with one attached hydrogen (secondary N) is 1. The van der Waals surface area contributed by atoms with Gasteiger partial charge in [-0.1, -0.05) is 84.9 Å². The fourth-order valence-electron chi connectivity index (χ4n) is 3.20. The highest BCUT2D eigenvalue weighted by Crippen LogP contribution is 2.20. The Balaban J connectivity index is 1.55. The Labute approximate surface area is 154 Å². The van der Waals surface area contributed by atoms with Gasteiger partial charge in [0.05, 0.1) is 0 Å². The van der Waals surface area contributed by atoms with E-state index in [1.807, 2.05) is 12.4 Å². The number of hydrogen-bond acceptors (Lipinski definition) is 4. The third-order valence-electron chi connectivity index (χ3n) is 4.54. The highest BCUT2D eigenvalue weighted by Gasteiger charge is 2.15. The van der Waals surface area contributed by atoms with Gasteiger partial charge in [0.25, 0.3) is 0 Å². The molecule has 0 amide bonds. The van der Waals surface area contributed by atoms with Crippen molar-refractivity contribution in [2.45, 2.75) is 6.54 Å². The Morgan fingerprint density at radius 1 is 0.962 bits per heavy atom. The second kappa shape index (κ2) is 7.85. The van der Waals surface area contributed by atoms with Gasteiger partial charge in [0.15, 0.2) is 0 Å². The van der Waals surface area contributed by atoms with E-state index in [1.165, 1.54) is 21.9 Å². The van der Waals surface area contributed by atoms with Crippen LogP contribution in [0.15, 0.2) is 84.0 Å². The Morgan fingerprint density at radius 2 is 1.77 bits per heavy atom. The number of rotatable bonds is 6. The van der Waals surface area contributed by atoms with Gasteiger partial charge in [-0.25, -0.2) is 5.01 Å². The molecule has 0 aliphatic carbocycles. The first-order chi connectivity index (χ1) is 12.9. The molecule has 1 aliphatic heterocycles. The number of fused-ring (bicyclic) bond motifs is 1. The van der Waals surface area contributed by atoms with Crippen molar-refractivity contribution in [2.75, 3.05) is 13.2 Å². The maximum Gasteiger partial charge on any atom is 0.127 e. The molecule has 4 rings (SSSR count). The van der Waals surface area contributed by atoms with Crippen LogP contribution in [-0.4, -0.2) is 29.6 Å². The Bertz CT molecular complexity index is 912. The normalized spacial score (nSPS) is 13.8. The summed E-state index contributed by atoms with van der Waals surface area (Å²) in [5, 5.41) is 11.1. The largest absolute Gasteiger partial charge is 0.288 e. The fourth-order valence-corrected chi connectivity index (χ4v) is 3.20. The summed E-state index contributed by atoms with van der Waals surface area (Å²) in [4.78, 5) is 0. The van der Waals surface area contributed by atoms with E-state index in [1.54, 1.807) is 0 Å². The monoisotopic (exact) mass is 342 g/mol. The number of nitrogens with zero attached hydrogens (tertiary/aromatic N) is 3. The second-order valence-electron chi connectivity index (χ2n) is 6.30. The summed E-state index contributed by atoms with van der Waals surface area (Å²) in [6.45, 7) is 2.34. The molecule has 1 heterocycles. The zero-order valence-corrected chi connectivity index (χ0v) is 14.6. The predicted octanol–water partition coefficient (Wildman–Crippen LogP) is 4.08. The van der Waals surface area contributed by atoms with Crippen LogP contribution in [0.25, 0.3) is 16.8 Å². The van der Waals surface area contributed by atoms with Crippen LogP contribution in [0.5, 0.6) is 0 Å². The minimum absolute atomic E-state index is 0.698. The van der Waals surface area contributed by atoms with Crippen molar-refractivity contribution in [1.29, 1.82) is 0 Å². The van der Waals surface area contributed by atoms with Crippen LogP contribution in [0.1, 0.15) is 11.1 Å². The third kappa shape index (κ3) is 3.76. The van der Waals surface area contributed by atoms with Crippen molar-refractivity contribution in [3.63, 3.8) is 0 Å². The molecular formula is C22H22N4. The SMILES string of the molecule is C1=NNCN1N(C/C=C/c1ccccc1)Cc1cccc2ccccc12. The van der Waals surface area contributed by atoms with Crippen LogP contribution >= 0.6 is 0 Å². The summed E-state index contributed by atoms with van der Waals surface area (Å²) < 4.78 is 0. The van der Waals surface area contributed by atoms with Crippen LogP contribution in [-0.2, 0) is 6.54 Å². The zero-order chi connectivity index (χ0) is 17.6. The maximum atomic E-state index is 4.14. The smallest absolute Gasteiger partial charge is 0.127 e. The molecule has 26 heavy (non-hydrogen) atoms. The minimum atomic E-state index is 0.698. The lowest BCUT2D eigenvalue weighted by molar-refractivity contribution is 0.0590. The number of benzene rings is 3. The van der Waals surface area contributed by atoms with Crippen LogP contribution in [0.2, 0.25) is 0 Å². The molecule has 4 heteroatoms. The van der Waals surface area contributed by atoms with E-state index in [9.17, 15) is 0 Å². The molecule has 4 nitrogen and oxygen atoms in total. The van der Waals surface area contributed by atoms with E-state index in [-0.39, 0.29) is 0 Å². The van der Waals surface area contributed by atoms with E-state index in [0.717, 1.165) is 13.1 Å². The summed E-state index contributed by atoms with van der Waals surface area (Å²) in [7, 11) is 0. The van der Waals surface area contributed by atoms with Crippen LogP contribution in [0.4, 0.5) is 0 Å². The van der Waals surface area contributed by atoms with Crippen molar-refractivity contribution >= 4 is 23.2 Å². The van der Waals surface area contributed by atoms with Gasteiger partial charge in [0.2, 0.25) is 0 Å². The molecule has 130 valence electrons. The summed E-state index contributed by atoms with van der Waals surface area (Å²) >= 11 is 0. The van der Waals surface area contributed by atoms with E-state index >= 15 is 0 Å². The number of hydrazone groups is 1. The second-order valence-corrected chi connectivity index (χ2v) is 6.30. The standard InChI is InChI=1S/C22H22N4/c1-2-8-19(9-3-1)10-7-15-25(26-17-23-24-18-26)16-21-13-6-12-20-11-4-5-14-22(20)21/h1-14,17,24H,15-16,18H2/b10-7+. The van der Waals surface area contributed by atoms with E-state index in [4.69, 9.17) is 0 Å². The third-order valence-corrected chi connectivity index (χ3v) is 4.54. The highest BCUT2D eigenvalue weighted by atomic mass is 15.7. The molecule has 1 aliphatic rings. The number of hydrogen-bond donors (Lipinski definition) is 1. The van der Waals surface area contributed by atoms with E-state index < -0.39 is 0 Å². The lowest BCUT2D eigenvalue weighted by atomic mass is 10.0. The quantitative estimate of drug-likeness (QED) is 0.732. The molecule has 0 saturated carbocycles. The predicted molar refractivity (Wildman–Crippen MR) is 108 cm³/mol. The van der Waals surface area contributed by atoms with Crippen molar-refractivity contribution < 1.29 is 0 Å². The highest BCUT2D eigenvalue weighted by molar-refractivity contribution is 5.85. The first kappa shape index (κ1) is 16.4. The zero-order valence-electron chi connectivity index (χ0n) is 14.6. The van der Waals surface area contributed by atoms with E-state index in [0.29, 0.717) is 6.67 Å². The van der Waals surface area contributed by atoms with Gasteiger partial charge in [0.1, 0.15) is 13.0 Å². The molecule has 3 aromatic carbocycles. The van der Waals surface area contributed by atoms with Crippen LogP contribution in [0, 0.1) is 0 Å². The van der Waals surface area contributed by atoms with Crippen molar-refractivity contribution in [3.05, 3.63) is 90.0 Å². The number of hydrazine groups is 1. The van der Waals surface area contributed by atoms with Gasteiger partial charge < -0.3 is 0 Å². The molecule has 1 N–H and O–H groups in total. The fraction of sp³-hybridized carbons (Fsp3) is 0.136. The van der Waals surface area contributed by atoms with Gasteiger partial charge in [-0.2, -0.15) is 5.10 Å². The minimum Gasteiger partial charge on any atom is -0.288 e. The summed E-state index contributed by atoms with van der Waals surface area (Å²) in [6, 6.07) is 25.4. The van der Waals surface area contributed by atoms with Gasteiger partial charge in [-0.15, -0.1) is 0 Å². The Kier molecular flexibility index (Phi) is 4.94. The molecule has 0 atom stereocenters. The van der Waals surface area contributed by atoms with Crippen molar-refractivity contribution in [1.82, 2.24) is 15.4 Å². The molecule has 0 unspecified atom stereocenters. The molecule has 0 fully saturated rings. The van der Waals surface area contributed by atoms with Gasteiger partial charge in [-0.05, 0) is 21.9 Å². The van der Waals surface area contributed by atoms with E-state index in [2.05, 4.69) is 99.4 Å². The summed E-state index contributed by atoms with van der Waals surface area (Å²) in [5.41, 5.74) is 5.54. The lowest BCUT2D eigenvalue weighted by Crippen LogP contribution is -2.41. The maximum absolute atomic E-state index is 4.14. The average Bonchev–Trinajstić information content (AvgIpc) is 3.23. The van der Waals surface area contributed by atoms with Crippen molar-refractivity contribution in [2.24, 2.45) is 5.10 Å². The molecule has 0 radical (unpaired) electrons. The summed E-state index contributed by atoms with van der Waals surface area (Å²) in [5.74, 6) is 0. The molecule has 0 saturated heterocycles. The van der Waals surface area contributed by atoms with Gasteiger partial charge in [0, 0.05) is 13.1 Å². The average molecular weight is 342 g/mol. The lowest BCUT2D eigenvalue weighted by Gasteiger charge is -2.29. The summed E-state index contributed by atoms with van der Waals surface area (Å²) in [6.07, 6.45) is 6.21. The Hall–Kier alpha value is -3.11. The molecule has 3 aromatic rings. The van der Waals surface area contributed by atoms with Gasteiger partial charge in [-0.3, -0.25) is 10.4 Å². The Morgan fingerprint density at radius 3 is 2.62 bits per heavy atom. The topological polar surface area (TPSA) is 30.9 Å². The first-order valence-electron chi connectivity index (χ1n) is 8.86. The molecule has 0 spiro atoms. The van der Waals surface area contributed by atoms with Crippen LogP contribution < -0.4 is 5.43 Å².